The van der Waals surface area contributed by atoms with Crippen LogP contribution in [0.1, 0.15) is 10.4 Å². The average Bonchev–Trinajstić information content (AvgIpc) is 2.73. The van der Waals surface area contributed by atoms with Gasteiger partial charge in [-0.3, -0.25) is 10.1 Å². The second-order valence-corrected chi connectivity index (χ2v) is 7.48. The standard InChI is InChI=1S/C18H12Cl2F5N3OS/c19-9-2-1-8(7-10(9)20)17(29)26-18(30)28-5-3-27(4-6-28)16-14(24)12(22)11(21)13(23)15(16)25/h1-2,7H,3-6H2,(H,26,29,30). The van der Waals surface area contributed by atoms with Gasteiger partial charge in [0.25, 0.3) is 5.91 Å². The minimum atomic E-state index is -2.21. The Kier molecular flexibility index (Phi) is 6.68. The van der Waals surface area contributed by atoms with Gasteiger partial charge in [-0.1, -0.05) is 23.2 Å². The van der Waals surface area contributed by atoms with E-state index in [1.807, 2.05) is 0 Å². The highest BCUT2D eigenvalue weighted by Crippen LogP contribution is 2.31. The second kappa shape index (κ2) is 8.91. The summed E-state index contributed by atoms with van der Waals surface area (Å²) in [6, 6.07) is 4.26. The molecule has 2 aromatic rings. The summed E-state index contributed by atoms with van der Waals surface area (Å²) in [7, 11) is 0. The van der Waals surface area contributed by atoms with Crippen LogP contribution in [0, 0.1) is 29.1 Å². The monoisotopic (exact) mass is 483 g/mol. The first-order valence-electron chi connectivity index (χ1n) is 8.43. The van der Waals surface area contributed by atoms with Crippen molar-refractivity contribution in [3.05, 3.63) is 62.9 Å². The zero-order chi connectivity index (χ0) is 22.2. The van der Waals surface area contributed by atoms with E-state index in [1.54, 1.807) is 0 Å². The van der Waals surface area contributed by atoms with Crippen molar-refractivity contribution in [2.24, 2.45) is 0 Å². The van der Waals surface area contributed by atoms with Gasteiger partial charge in [0.15, 0.2) is 28.4 Å². The van der Waals surface area contributed by atoms with Gasteiger partial charge in [0.1, 0.15) is 5.69 Å². The highest BCUT2D eigenvalue weighted by atomic mass is 35.5. The quantitative estimate of drug-likeness (QED) is 0.294. The summed E-state index contributed by atoms with van der Waals surface area (Å²) in [5.41, 5.74) is -0.774. The number of nitrogens with zero attached hydrogens (tertiary/aromatic N) is 2. The van der Waals surface area contributed by atoms with Gasteiger partial charge in [-0.2, -0.15) is 0 Å². The largest absolute Gasteiger partial charge is 0.363 e. The zero-order valence-electron chi connectivity index (χ0n) is 14.9. The van der Waals surface area contributed by atoms with Crippen LogP contribution in [-0.2, 0) is 0 Å². The fourth-order valence-electron chi connectivity index (χ4n) is 2.89. The molecule has 1 amide bonds. The Bertz CT molecular complexity index is 1000. The number of nitrogens with one attached hydrogen (secondary N) is 1. The number of anilines is 1. The molecule has 0 unspecified atom stereocenters. The third-order valence-corrected chi connectivity index (χ3v) is 5.57. The summed E-state index contributed by atoms with van der Waals surface area (Å²) in [4.78, 5) is 14.9. The molecule has 4 nitrogen and oxygen atoms in total. The minimum absolute atomic E-state index is 0.0446. The highest BCUT2D eigenvalue weighted by molar-refractivity contribution is 7.80. The van der Waals surface area contributed by atoms with Crippen LogP contribution in [0.3, 0.4) is 0 Å². The Labute approximate surface area is 183 Å². The number of halogens is 7. The molecule has 0 radical (unpaired) electrons. The molecule has 0 bridgehead atoms. The smallest absolute Gasteiger partial charge is 0.257 e. The van der Waals surface area contributed by atoms with Crippen LogP contribution in [0.15, 0.2) is 18.2 Å². The summed E-state index contributed by atoms with van der Waals surface area (Å²) in [6.45, 7) is 0.00222. The first-order chi connectivity index (χ1) is 14.1. The molecule has 30 heavy (non-hydrogen) atoms. The van der Waals surface area contributed by atoms with Crippen molar-refractivity contribution in [2.75, 3.05) is 31.1 Å². The van der Waals surface area contributed by atoms with Crippen LogP contribution in [-0.4, -0.2) is 42.1 Å². The van der Waals surface area contributed by atoms with Crippen molar-refractivity contribution in [3.8, 4) is 0 Å². The first kappa shape index (κ1) is 22.5. The lowest BCUT2D eigenvalue weighted by atomic mass is 10.2. The number of hydrogen-bond donors (Lipinski definition) is 1. The van der Waals surface area contributed by atoms with Crippen LogP contribution < -0.4 is 10.2 Å². The van der Waals surface area contributed by atoms with Gasteiger partial charge in [0.2, 0.25) is 5.82 Å². The van der Waals surface area contributed by atoms with E-state index < -0.39 is 40.7 Å². The molecule has 1 heterocycles. The molecule has 0 spiro atoms. The maximum Gasteiger partial charge on any atom is 0.257 e. The van der Waals surface area contributed by atoms with E-state index in [0.29, 0.717) is 0 Å². The van der Waals surface area contributed by atoms with Crippen molar-refractivity contribution in [1.82, 2.24) is 10.2 Å². The number of hydrogen-bond acceptors (Lipinski definition) is 3. The molecule has 12 heteroatoms. The third-order valence-electron chi connectivity index (χ3n) is 4.47. The zero-order valence-corrected chi connectivity index (χ0v) is 17.2. The average molecular weight is 484 g/mol. The van der Waals surface area contributed by atoms with Crippen molar-refractivity contribution >= 4 is 52.1 Å². The van der Waals surface area contributed by atoms with Crippen LogP contribution in [0.4, 0.5) is 27.6 Å². The lowest BCUT2D eigenvalue weighted by molar-refractivity contribution is 0.0973. The van der Waals surface area contributed by atoms with Gasteiger partial charge >= 0.3 is 0 Å². The molecular formula is C18H12Cl2F5N3OS. The molecule has 0 saturated carbocycles. The number of piperazine rings is 1. The van der Waals surface area contributed by atoms with Crippen molar-refractivity contribution in [2.45, 2.75) is 0 Å². The van der Waals surface area contributed by atoms with E-state index in [0.717, 1.165) is 4.90 Å². The number of benzene rings is 2. The molecule has 1 saturated heterocycles. The van der Waals surface area contributed by atoms with Gasteiger partial charge < -0.3 is 9.80 Å². The van der Waals surface area contributed by atoms with E-state index >= 15 is 0 Å². The van der Waals surface area contributed by atoms with Gasteiger partial charge in [0, 0.05) is 31.7 Å². The van der Waals surface area contributed by atoms with E-state index in [1.165, 1.54) is 23.1 Å². The van der Waals surface area contributed by atoms with Gasteiger partial charge in [0.05, 0.1) is 10.0 Å². The Balaban J connectivity index is 1.66. The second-order valence-electron chi connectivity index (χ2n) is 6.28. The lowest BCUT2D eigenvalue weighted by Crippen LogP contribution is -2.53. The third kappa shape index (κ3) is 4.30. The van der Waals surface area contributed by atoms with Crippen molar-refractivity contribution in [1.29, 1.82) is 0 Å². The van der Waals surface area contributed by atoms with E-state index in [4.69, 9.17) is 35.4 Å². The fourth-order valence-corrected chi connectivity index (χ4v) is 3.46. The van der Waals surface area contributed by atoms with Crippen LogP contribution in [0.25, 0.3) is 0 Å². The van der Waals surface area contributed by atoms with Crippen molar-refractivity contribution in [3.63, 3.8) is 0 Å². The molecule has 3 rings (SSSR count). The number of carbonyl (C=O) groups is 1. The topological polar surface area (TPSA) is 35.6 Å². The summed E-state index contributed by atoms with van der Waals surface area (Å²) < 4.78 is 68.1. The lowest BCUT2D eigenvalue weighted by Gasteiger charge is -2.37. The van der Waals surface area contributed by atoms with E-state index in [9.17, 15) is 26.7 Å². The Morgan fingerprint density at radius 3 is 1.93 bits per heavy atom. The van der Waals surface area contributed by atoms with E-state index in [-0.39, 0.29) is 46.9 Å². The minimum Gasteiger partial charge on any atom is -0.363 e. The predicted octanol–water partition coefficient (Wildman–Crippen LogP) is 4.53. The number of rotatable bonds is 2. The summed E-state index contributed by atoms with van der Waals surface area (Å²) in [6.07, 6.45) is 0. The predicted molar refractivity (Wildman–Crippen MR) is 107 cm³/mol. The molecule has 1 aliphatic rings. The van der Waals surface area contributed by atoms with Crippen LogP contribution in [0.2, 0.25) is 10.0 Å². The van der Waals surface area contributed by atoms with Crippen LogP contribution in [0.5, 0.6) is 0 Å². The SMILES string of the molecule is O=C(NC(=S)N1CCN(c2c(F)c(F)c(F)c(F)c2F)CC1)c1ccc(Cl)c(Cl)c1. The molecule has 160 valence electrons. The van der Waals surface area contributed by atoms with Gasteiger partial charge in [-0.05, 0) is 30.4 Å². The number of amides is 1. The molecule has 1 fully saturated rings. The fraction of sp³-hybridized carbons (Fsp3) is 0.222. The normalized spacial score (nSPS) is 14.1. The Morgan fingerprint density at radius 2 is 1.40 bits per heavy atom. The Morgan fingerprint density at radius 1 is 0.867 bits per heavy atom. The number of carbonyl (C=O) groups excluding carboxylic acids is 1. The van der Waals surface area contributed by atoms with E-state index in [2.05, 4.69) is 5.32 Å². The molecular weight excluding hydrogens is 472 g/mol. The first-order valence-corrected chi connectivity index (χ1v) is 9.60. The van der Waals surface area contributed by atoms with Crippen LogP contribution >= 0.6 is 35.4 Å². The summed E-state index contributed by atoms with van der Waals surface area (Å²) >= 11 is 16.9. The Hall–Kier alpha value is -2.17. The molecule has 0 atom stereocenters. The summed E-state index contributed by atoms with van der Waals surface area (Å²) in [5.74, 6) is -10.5. The number of thiocarbonyl (C=S) groups is 1. The maximum absolute atomic E-state index is 14.0. The van der Waals surface area contributed by atoms with Gasteiger partial charge in [-0.25, -0.2) is 22.0 Å². The highest BCUT2D eigenvalue weighted by Gasteiger charge is 2.31. The van der Waals surface area contributed by atoms with Gasteiger partial charge in [-0.15, -0.1) is 0 Å². The molecule has 0 aromatic heterocycles. The van der Waals surface area contributed by atoms with Crippen molar-refractivity contribution < 1.29 is 26.7 Å². The molecule has 2 aromatic carbocycles. The molecule has 1 aliphatic heterocycles. The maximum atomic E-state index is 14.0. The summed E-state index contributed by atoms with van der Waals surface area (Å²) in [5, 5.41) is 3.01. The molecule has 0 aliphatic carbocycles. The molecule has 1 N–H and O–H groups in total.